The van der Waals surface area contributed by atoms with E-state index in [4.69, 9.17) is 0 Å². The fourth-order valence-corrected chi connectivity index (χ4v) is 3.99. The number of rotatable bonds is 3. The summed E-state index contributed by atoms with van der Waals surface area (Å²) in [5.74, 6) is 0.179. The molecule has 0 bridgehead atoms. The van der Waals surface area contributed by atoms with E-state index in [9.17, 15) is 8.42 Å². The van der Waals surface area contributed by atoms with Gasteiger partial charge in [0.1, 0.15) is 4.90 Å². The zero-order valence-electron chi connectivity index (χ0n) is 9.24. The van der Waals surface area contributed by atoms with Crippen LogP contribution in [0.3, 0.4) is 0 Å². The summed E-state index contributed by atoms with van der Waals surface area (Å²) in [7, 11) is -3.67. The summed E-state index contributed by atoms with van der Waals surface area (Å²) in [4.78, 5) is 6.65. The fourth-order valence-electron chi connectivity index (χ4n) is 1.34. The van der Waals surface area contributed by atoms with Crippen LogP contribution in [0.1, 0.15) is 5.56 Å². The first-order chi connectivity index (χ1) is 8.40. The van der Waals surface area contributed by atoms with E-state index in [1.165, 1.54) is 12.4 Å². The highest BCUT2D eigenvalue weighted by Gasteiger charge is 2.20. The van der Waals surface area contributed by atoms with Gasteiger partial charge in [-0.25, -0.2) is 18.1 Å². The highest BCUT2D eigenvalue weighted by atomic mass is 79.9. The Labute approximate surface area is 121 Å². The molecule has 1 heterocycles. The average molecular weight is 395 g/mol. The van der Waals surface area contributed by atoms with Gasteiger partial charge in [-0.1, -0.05) is 15.9 Å². The topological polar surface area (TPSA) is 74.8 Å². The minimum Gasteiger partial charge on any atom is -0.330 e. The van der Waals surface area contributed by atoms with E-state index in [2.05, 4.69) is 46.5 Å². The first kappa shape index (κ1) is 13.6. The molecule has 0 saturated heterocycles. The van der Waals surface area contributed by atoms with Gasteiger partial charge in [-0.2, -0.15) is 0 Å². The molecule has 5 nitrogen and oxygen atoms in total. The molecule has 0 spiro atoms. The Balaban J connectivity index is 2.44. The number of imidazole rings is 1. The molecule has 2 N–H and O–H groups in total. The van der Waals surface area contributed by atoms with Crippen LogP contribution >= 0.6 is 31.9 Å². The van der Waals surface area contributed by atoms with E-state index < -0.39 is 10.0 Å². The van der Waals surface area contributed by atoms with Gasteiger partial charge in [-0.05, 0) is 40.5 Å². The minimum absolute atomic E-state index is 0.149. The average Bonchev–Trinajstić information content (AvgIpc) is 2.75. The lowest BCUT2D eigenvalue weighted by molar-refractivity contribution is 0.600. The molecule has 18 heavy (non-hydrogen) atoms. The molecule has 0 radical (unpaired) electrons. The molecule has 0 aliphatic carbocycles. The van der Waals surface area contributed by atoms with Crippen molar-refractivity contribution >= 4 is 47.8 Å². The molecule has 0 atom stereocenters. The Kier molecular flexibility index (Phi) is 3.79. The lowest BCUT2D eigenvalue weighted by atomic mass is 10.2. The van der Waals surface area contributed by atoms with Gasteiger partial charge < -0.3 is 4.98 Å². The van der Waals surface area contributed by atoms with Crippen molar-refractivity contribution in [2.45, 2.75) is 11.8 Å². The van der Waals surface area contributed by atoms with E-state index in [-0.39, 0.29) is 10.8 Å². The summed E-state index contributed by atoms with van der Waals surface area (Å²) in [6.07, 6.45) is 3.01. The monoisotopic (exact) mass is 393 g/mol. The van der Waals surface area contributed by atoms with Gasteiger partial charge in [-0.3, -0.25) is 0 Å². The lowest BCUT2D eigenvalue weighted by Gasteiger charge is -2.09. The maximum Gasteiger partial charge on any atom is 0.265 e. The van der Waals surface area contributed by atoms with Gasteiger partial charge in [0.15, 0.2) is 0 Å². The van der Waals surface area contributed by atoms with E-state index >= 15 is 0 Å². The zero-order valence-corrected chi connectivity index (χ0v) is 13.2. The molecule has 0 saturated carbocycles. The molecule has 0 amide bonds. The molecular formula is C10H9Br2N3O2S. The van der Waals surface area contributed by atoms with Crippen molar-refractivity contribution in [1.82, 2.24) is 9.97 Å². The van der Waals surface area contributed by atoms with Crippen molar-refractivity contribution in [2.24, 2.45) is 0 Å². The van der Waals surface area contributed by atoms with Crippen LogP contribution in [0.2, 0.25) is 0 Å². The normalized spacial score (nSPS) is 11.5. The van der Waals surface area contributed by atoms with E-state index in [0.717, 1.165) is 10.0 Å². The Bertz CT molecular complexity index is 669. The Hall–Kier alpha value is -0.860. The summed E-state index contributed by atoms with van der Waals surface area (Å²) in [5.41, 5.74) is 0.943. The second kappa shape index (κ2) is 5.02. The van der Waals surface area contributed by atoms with Crippen molar-refractivity contribution in [3.05, 3.63) is 39.0 Å². The number of aromatic nitrogens is 2. The molecule has 1 aromatic carbocycles. The highest BCUT2D eigenvalue weighted by Crippen LogP contribution is 2.29. The maximum atomic E-state index is 12.2. The standard InChI is InChI=1S/C10H9Br2N3O2S/c1-6-4-8(12)9(5-7(6)11)18(16,17)15-10-13-2-3-14-10/h2-5H,1H3,(H2,13,14,15). The van der Waals surface area contributed by atoms with Gasteiger partial charge in [0, 0.05) is 21.3 Å². The third kappa shape index (κ3) is 2.76. The van der Waals surface area contributed by atoms with Gasteiger partial charge in [0.2, 0.25) is 5.95 Å². The minimum atomic E-state index is -3.67. The second-order valence-electron chi connectivity index (χ2n) is 3.58. The van der Waals surface area contributed by atoms with Gasteiger partial charge in [-0.15, -0.1) is 0 Å². The lowest BCUT2D eigenvalue weighted by Crippen LogP contribution is -2.14. The number of aryl methyl sites for hydroxylation is 1. The van der Waals surface area contributed by atoms with Crippen molar-refractivity contribution in [3.63, 3.8) is 0 Å². The van der Waals surface area contributed by atoms with Crippen molar-refractivity contribution in [1.29, 1.82) is 0 Å². The van der Waals surface area contributed by atoms with E-state index in [1.54, 1.807) is 12.1 Å². The number of aromatic amines is 1. The van der Waals surface area contributed by atoms with Crippen LogP contribution in [0, 0.1) is 6.92 Å². The molecule has 0 aliphatic rings. The number of anilines is 1. The van der Waals surface area contributed by atoms with Crippen LogP contribution in [0.15, 0.2) is 38.4 Å². The number of sulfonamides is 1. The summed E-state index contributed by atoms with van der Waals surface area (Å²) in [6, 6.07) is 3.28. The summed E-state index contributed by atoms with van der Waals surface area (Å²) >= 11 is 6.56. The van der Waals surface area contributed by atoms with Crippen LogP contribution in [0.4, 0.5) is 5.95 Å². The Morgan fingerprint density at radius 2 is 2.00 bits per heavy atom. The van der Waals surface area contributed by atoms with Crippen molar-refractivity contribution < 1.29 is 8.42 Å². The number of benzene rings is 1. The number of nitrogens with zero attached hydrogens (tertiary/aromatic N) is 1. The smallest absolute Gasteiger partial charge is 0.265 e. The largest absolute Gasteiger partial charge is 0.330 e. The fraction of sp³-hybridized carbons (Fsp3) is 0.100. The SMILES string of the molecule is Cc1cc(Br)c(S(=O)(=O)Nc2ncc[nH]2)cc1Br. The molecule has 0 unspecified atom stereocenters. The zero-order chi connectivity index (χ0) is 13.3. The molecular weight excluding hydrogens is 386 g/mol. The van der Waals surface area contributed by atoms with Crippen LogP contribution in [0.5, 0.6) is 0 Å². The summed E-state index contributed by atoms with van der Waals surface area (Å²) in [5, 5.41) is 0. The molecule has 2 rings (SSSR count). The quantitative estimate of drug-likeness (QED) is 0.839. The molecule has 0 fully saturated rings. The molecule has 8 heteroatoms. The number of halogens is 2. The summed E-state index contributed by atoms with van der Waals surface area (Å²) < 4.78 is 27.9. The van der Waals surface area contributed by atoms with Gasteiger partial charge in [0.25, 0.3) is 10.0 Å². The Morgan fingerprint density at radius 1 is 1.28 bits per heavy atom. The number of hydrogen-bond donors (Lipinski definition) is 2. The Morgan fingerprint density at radius 3 is 2.61 bits per heavy atom. The summed E-state index contributed by atoms with van der Waals surface area (Å²) in [6.45, 7) is 1.88. The van der Waals surface area contributed by atoms with Gasteiger partial charge >= 0.3 is 0 Å². The maximum absolute atomic E-state index is 12.2. The van der Waals surface area contributed by atoms with Crippen LogP contribution in [0.25, 0.3) is 0 Å². The molecule has 0 aliphatic heterocycles. The molecule has 2 aromatic rings. The predicted molar refractivity (Wildman–Crippen MR) is 76.0 cm³/mol. The molecule has 96 valence electrons. The van der Waals surface area contributed by atoms with Crippen LogP contribution < -0.4 is 4.72 Å². The third-order valence-corrected chi connectivity index (χ3v) is 5.38. The third-order valence-electron chi connectivity index (χ3n) is 2.23. The molecule has 1 aromatic heterocycles. The highest BCUT2D eigenvalue weighted by molar-refractivity contribution is 9.11. The van der Waals surface area contributed by atoms with Crippen LogP contribution in [-0.4, -0.2) is 18.4 Å². The van der Waals surface area contributed by atoms with Gasteiger partial charge in [0.05, 0.1) is 0 Å². The van der Waals surface area contributed by atoms with E-state index in [0.29, 0.717) is 4.47 Å². The first-order valence-electron chi connectivity index (χ1n) is 4.88. The van der Waals surface area contributed by atoms with E-state index in [1.807, 2.05) is 6.92 Å². The first-order valence-corrected chi connectivity index (χ1v) is 7.95. The predicted octanol–water partition coefficient (Wildman–Crippen LogP) is 3.04. The van der Waals surface area contributed by atoms with Crippen LogP contribution in [-0.2, 0) is 10.0 Å². The van der Waals surface area contributed by atoms with Crippen molar-refractivity contribution in [3.8, 4) is 0 Å². The number of hydrogen-bond acceptors (Lipinski definition) is 3. The van der Waals surface area contributed by atoms with Crippen molar-refractivity contribution in [2.75, 3.05) is 4.72 Å². The number of nitrogens with one attached hydrogen (secondary N) is 2. The number of H-pyrrole nitrogens is 1. The second-order valence-corrected chi connectivity index (χ2v) is 6.93.